The lowest BCUT2D eigenvalue weighted by molar-refractivity contribution is -0.385. The second-order valence-electron chi connectivity index (χ2n) is 6.76. The molecule has 1 aliphatic heterocycles. The van der Waals surface area contributed by atoms with Crippen LogP contribution in [0.15, 0.2) is 42.5 Å². The zero-order chi connectivity index (χ0) is 18.7. The van der Waals surface area contributed by atoms with Crippen LogP contribution in [-0.2, 0) is 6.54 Å². The standard InChI is InChI=1S/C20H23N3O3/c1-15-6-8-17(9-7-15)14-21-10-12-22(13-11-21)20(24)18-4-3-5-19(16(18)2)23(25)26/h3-9H,10-14H2,1-2H3. The number of carbonyl (C=O) groups is 1. The first-order chi connectivity index (χ1) is 12.5. The minimum atomic E-state index is -0.439. The van der Waals surface area contributed by atoms with Crippen molar-refractivity contribution >= 4 is 11.6 Å². The van der Waals surface area contributed by atoms with E-state index in [1.165, 1.54) is 17.2 Å². The van der Waals surface area contributed by atoms with Crippen LogP contribution >= 0.6 is 0 Å². The van der Waals surface area contributed by atoms with Crippen molar-refractivity contribution in [2.24, 2.45) is 0 Å². The van der Waals surface area contributed by atoms with Gasteiger partial charge in [0, 0.05) is 49.9 Å². The SMILES string of the molecule is Cc1ccc(CN2CCN(C(=O)c3cccc([N+](=O)[O-])c3C)CC2)cc1. The van der Waals surface area contributed by atoms with Gasteiger partial charge in [-0.1, -0.05) is 35.9 Å². The molecule has 1 saturated heterocycles. The summed E-state index contributed by atoms with van der Waals surface area (Å²) in [7, 11) is 0. The average molecular weight is 353 g/mol. The van der Waals surface area contributed by atoms with Gasteiger partial charge in [0.1, 0.15) is 0 Å². The third kappa shape index (κ3) is 3.91. The summed E-state index contributed by atoms with van der Waals surface area (Å²) in [6.45, 7) is 7.45. The molecule has 0 aliphatic carbocycles. The quantitative estimate of drug-likeness (QED) is 0.625. The highest BCUT2D eigenvalue weighted by atomic mass is 16.6. The molecular weight excluding hydrogens is 330 g/mol. The molecule has 0 atom stereocenters. The van der Waals surface area contributed by atoms with E-state index in [9.17, 15) is 14.9 Å². The van der Waals surface area contributed by atoms with Gasteiger partial charge in [0.25, 0.3) is 11.6 Å². The molecule has 136 valence electrons. The van der Waals surface area contributed by atoms with Crippen molar-refractivity contribution < 1.29 is 9.72 Å². The van der Waals surface area contributed by atoms with Crippen molar-refractivity contribution in [2.75, 3.05) is 26.2 Å². The second-order valence-corrected chi connectivity index (χ2v) is 6.76. The summed E-state index contributed by atoms with van der Waals surface area (Å²) in [5.74, 6) is -0.124. The van der Waals surface area contributed by atoms with Gasteiger partial charge in [-0.05, 0) is 25.5 Å². The monoisotopic (exact) mass is 353 g/mol. The number of nitro groups is 1. The number of amides is 1. The van der Waals surface area contributed by atoms with Crippen LogP contribution in [0.4, 0.5) is 5.69 Å². The normalized spacial score (nSPS) is 15.1. The van der Waals surface area contributed by atoms with Crippen molar-refractivity contribution in [3.05, 3.63) is 74.8 Å². The minimum absolute atomic E-state index is 0.00569. The van der Waals surface area contributed by atoms with Crippen LogP contribution in [0.3, 0.4) is 0 Å². The molecule has 0 saturated carbocycles. The van der Waals surface area contributed by atoms with E-state index in [-0.39, 0.29) is 11.6 Å². The number of piperazine rings is 1. The molecule has 0 aromatic heterocycles. The van der Waals surface area contributed by atoms with E-state index in [1.807, 2.05) is 0 Å². The summed E-state index contributed by atoms with van der Waals surface area (Å²) in [4.78, 5) is 27.5. The Balaban J connectivity index is 1.63. The van der Waals surface area contributed by atoms with Crippen molar-refractivity contribution in [1.29, 1.82) is 0 Å². The number of hydrogen-bond donors (Lipinski definition) is 0. The molecule has 0 spiro atoms. The largest absolute Gasteiger partial charge is 0.336 e. The molecule has 1 fully saturated rings. The van der Waals surface area contributed by atoms with Crippen molar-refractivity contribution in [1.82, 2.24) is 9.80 Å². The highest BCUT2D eigenvalue weighted by Gasteiger charge is 2.25. The van der Waals surface area contributed by atoms with Crippen molar-refractivity contribution in [3.63, 3.8) is 0 Å². The topological polar surface area (TPSA) is 66.7 Å². The number of nitro benzene ring substituents is 1. The summed E-state index contributed by atoms with van der Waals surface area (Å²) in [5, 5.41) is 11.1. The second kappa shape index (κ2) is 7.66. The van der Waals surface area contributed by atoms with Crippen LogP contribution in [0.25, 0.3) is 0 Å². The molecular formula is C20H23N3O3. The van der Waals surface area contributed by atoms with Gasteiger partial charge in [-0.2, -0.15) is 0 Å². The first-order valence-electron chi connectivity index (χ1n) is 8.77. The van der Waals surface area contributed by atoms with E-state index in [2.05, 4.69) is 36.1 Å². The van der Waals surface area contributed by atoms with Crippen LogP contribution in [0.1, 0.15) is 27.0 Å². The molecule has 2 aromatic rings. The highest BCUT2D eigenvalue weighted by Crippen LogP contribution is 2.23. The zero-order valence-corrected chi connectivity index (χ0v) is 15.1. The molecule has 6 heteroatoms. The number of rotatable bonds is 4. The van der Waals surface area contributed by atoms with Crippen LogP contribution in [0.5, 0.6) is 0 Å². The lowest BCUT2D eigenvalue weighted by atomic mass is 10.1. The number of nitrogens with zero attached hydrogens (tertiary/aromatic N) is 3. The van der Waals surface area contributed by atoms with Crippen molar-refractivity contribution in [3.8, 4) is 0 Å². The lowest BCUT2D eigenvalue weighted by Crippen LogP contribution is -2.48. The lowest BCUT2D eigenvalue weighted by Gasteiger charge is -2.35. The van der Waals surface area contributed by atoms with Gasteiger partial charge in [-0.3, -0.25) is 19.8 Å². The number of carbonyl (C=O) groups excluding carboxylic acids is 1. The Hall–Kier alpha value is -2.73. The van der Waals surface area contributed by atoms with E-state index in [4.69, 9.17) is 0 Å². The summed E-state index contributed by atoms with van der Waals surface area (Å²) >= 11 is 0. The van der Waals surface area contributed by atoms with E-state index in [0.29, 0.717) is 24.2 Å². The summed E-state index contributed by atoms with van der Waals surface area (Å²) < 4.78 is 0. The molecule has 0 bridgehead atoms. The Labute approximate surface area is 153 Å². The molecule has 1 amide bonds. The number of aryl methyl sites for hydroxylation is 1. The van der Waals surface area contributed by atoms with Gasteiger partial charge in [-0.25, -0.2) is 0 Å². The molecule has 6 nitrogen and oxygen atoms in total. The molecule has 3 rings (SSSR count). The maximum absolute atomic E-state index is 12.8. The fourth-order valence-electron chi connectivity index (χ4n) is 3.28. The van der Waals surface area contributed by atoms with Crippen LogP contribution in [0.2, 0.25) is 0 Å². The fraction of sp³-hybridized carbons (Fsp3) is 0.350. The maximum Gasteiger partial charge on any atom is 0.273 e. The molecule has 0 unspecified atom stereocenters. The van der Waals surface area contributed by atoms with Crippen molar-refractivity contribution in [2.45, 2.75) is 20.4 Å². The predicted molar refractivity (Wildman–Crippen MR) is 100 cm³/mol. The van der Waals surface area contributed by atoms with Gasteiger partial charge >= 0.3 is 0 Å². The average Bonchev–Trinajstić information content (AvgIpc) is 2.64. The Morgan fingerprint density at radius 1 is 1.04 bits per heavy atom. The highest BCUT2D eigenvalue weighted by molar-refractivity contribution is 5.96. The van der Waals surface area contributed by atoms with Gasteiger partial charge < -0.3 is 4.90 Å². The summed E-state index contributed by atoms with van der Waals surface area (Å²) in [6, 6.07) is 13.2. The smallest absolute Gasteiger partial charge is 0.273 e. The van der Waals surface area contributed by atoms with Crippen LogP contribution in [-0.4, -0.2) is 46.8 Å². The summed E-state index contributed by atoms with van der Waals surface area (Å²) in [5.41, 5.74) is 3.37. The van der Waals surface area contributed by atoms with Gasteiger partial charge in [-0.15, -0.1) is 0 Å². The van der Waals surface area contributed by atoms with E-state index >= 15 is 0 Å². The Morgan fingerprint density at radius 2 is 1.69 bits per heavy atom. The molecule has 1 aliphatic rings. The van der Waals surface area contributed by atoms with Crippen LogP contribution < -0.4 is 0 Å². The maximum atomic E-state index is 12.8. The molecule has 1 heterocycles. The molecule has 2 aromatic carbocycles. The van der Waals surface area contributed by atoms with E-state index in [0.717, 1.165) is 19.6 Å². The Bertz CT molecular complexity index is 810. The number of benzene rings is 2. The van der Waals surface area contributed by atoms with Gasteiger partial charge in [0.15, 0.2) is 0 Å². The molecule has 26 heavy (non-hydrogen) atoms. The Kier molecular flexibility index (Phi) is 5.32. The van der Waals surface area contributed by atoms with E-state index in [1.54, 1.807) is 24.0 Å². The number of hydrogen-bond acceptors (Lipinski definition) is 4. The zero-order valence-electron chi connectivity index (χ0n) is 15.1. The van der Waals surface area contributed by atoms with Gasteiger partial charge in [0.05, 0.1) is 4.92 Å². The third-order valence-corrected chi connectivity index (χ3v) is 4.92. The molecule has 0 N–H and O–H groups in total. The fourth-order valence-corrected chi connectivity index (χ4v) is 3.28. The van der Waals surface area contributed by atoms with E-state index < -0.39 is 4.92 Å². The third-order valence-electron chi connectivity index (χ3n) is 4.92. The van der Waals surface area contributed by atoms with Crippen LogP contribution in [0, 0.1) is 24.0 Å². The summed E-state index contributed by atoms with van der Waals surface area (Å²) in [6.07, 6.45) is 0. The van der Waals surface area contributed by atoms with Gasteiger partial charge in [0.2, 0.25) is 0 Å². The molecule has 0 radical (unpaired) electrons. The predicted octanol–water partition coefficient (Wildman–Crippen LogP) is 3.17. The first-order valence-corrected chi connectivity index (χ1v) is 8.77. The first kappa shape index (κ1) is 18.1. The minimum Gasteiger partial charge on any atom is -0.336 e. The Morgan fingerprint density at radius 3 is 2.31 bits per heavy atom.